The van der Waals surface area contributed by atoms with Crippen molar-refractivity contribution in [2.24, 2.45) is 0 Å². The molecule has 2 aliphatic rings. The fraction of sp³-hybridized carbons (Fsp3) is 1.00. The third-order valence-corrected chi connectivity index (χ3v) is 4.90. The summed E-state index contributed by atoms with van der Waals surface area (Å²) in [5.41, 5.74) is -0.163. The van der Waals surface area contributed by atoms with Crippen molar-refractivity contribution in [2.75, 3.05) is 19.8 Å². The molecule has 4 heteroatoms. The molecule has 0 heterocycles. The van der Waals surface area contributed by atoms with Gasteiger partial charge in [0.05, 0.1) is 25.4 Å². The molecule has 0 amide bonds. The Balaban J connectivity index is 1.64. The monoisotopic (exact) mass is 285 g/mol. The Labute approximate surface area is 122 Å². The molecule has 3 N–H and O–H groups in total. The Morgan fingerprint density at radius 1 is 1.05 bits per heavy atom. The molecule has 0 aliphatic heterocycles. The van der Waals surface area contributed by atoms with Gasteiger partial charge in [-0.15, -0.1) is 0 Å². The van der Waals surface area contributed by atoms with Gasteiger partial charge in [0.25, 0.3) is 0 Å². The highest BCUT2D eigenvalue weighted by Gasteiger charge is 2.31. The zero-order valence-electron chi connectivity index (χ0n) is 12.6. The van der Waals surface area contributed by atoms with Crippen molar-refractivity contribution in [1.29, 1.82) is 0 Å². The molecule has 118 valence electrons. The SMILES string of the molecule is OCC1(NCC(O)COC2CCCCC2)CCCCC1. The average Bonchev–Trinajstić information content (AvgIpc) is 2.53. The highest BCUT2D eigenvalue weighted by atomic mass is 16.5. The molecule has 2 fully saturated rings. The van der Waals surface area contributed by atoms with Crippen LogP contribution in [0.1, 0.15) is 64.2 Å². The lowest BCUT2D eigenvalue weighted by atomic mass is 9.82. The van der Waals surface area contributed by atoms with Crippen LogP contribution in [0.25, 0.3) is 0 Å². The van der Waals surface area contributed by atoms with E-state index in [0.717, 1.165) is 25.7 Å². The third kappa shape index (κ3) is 4.99. The zero-order valence-corrected chi connectivity index (χ0v) is 12.6. The second-order valence-corrected chi connectivity index (χ2v) is 6.63. The Morgan fingerprint density at radius 2 is 1.70 bits per heavy atom. The topological polar surface area (TPSA) is 61.7 Å². The highest BCUT2D eigenvalue weighted by Crippen LogP contribution is 2.27. The van der Waals surface area contributed by atoms with E-state index in [1.807, 2.05) is 0 Å². The van der Waals surface area contributed by atoms with Gasteiger partial charge in [0, 0.05) is 12.1 Å². The first-order valence-electron chi connectivity index (χ1n) is 8.40. The molecular formula is C16H31NO3. The van der Waals surface area contributed by atoms with Gasteiger partial charge >= 0.3 is 0 Å². The van der Waals surface area contributed by atoms with E-state index in [1.54, 1.807) is 0 Å². The van der Waals surface area contributed by atoms with Gasteiger partial charge in [-0.1, -0.05) is 38.5 Å². The fourth-order valence-electron chi connectivity index (χ4n) is 3.49. The first-order valence-corrected chi connectivity index (χ1v) is 8.40. The number of nitrogens with one attached hydrogen (secondary N) is 1. The van der Waals surface area contributed by atoms with E-state index in [2.05, 4.69) is 5.32 Å². The number of hydrogen-bond acceptors (Lipinski definition) is 4. The number of rotatable bonds is 7. The van der Waals surface area contributed by atoms with Crippen molar-refractivity contribution < 1.29 is 14.9 Å². The van der Waals surface area contributed by atoms with Gasteiger partial charge in [-0.25, -0.2) is 0 Å². The summed E-state index contributed by atoms with van der Waals surface area (Å²) in [5, 5.41) is 23.1. The number of β-amino-alcohol motifs (C(OH)–C–C–N with tert-alkyl or cyclic N) is 1. The molecule has 0 aromatic heterocycles. The maximum absolute atomic E-state index is 10.1. The van der Waals surface area contributed by atoms with Gasteiger partial charge in [-0.05, 0) is 25.7 Å². The zero-order chi connectivity index (χ0) is 14.3. The molecule has 2 rings (SSSR count). The Kier molecular flexibility index (Phi) is 6.75. The summed E-state index contributed by atoms with van der Waals surface area (Å²) in [4.78, 5) is 0. The number of aliphatic hydroxyl groups is 2. The summed E-state index contributed by atoms with van der Waals surface area (Å²) < 4.78 is 5.80. The molecular weight excluding hydrogens is 254 g/mol. The molecule has 4 nitrogen and oxygen atoms in total. The summed E-state index contributed by atoms with van der Waals surface area (Å²) in [6.45, 7) is 1.11. The van der Waals surface area contributed by atoms with Gasteiger partial charge in [-0.3, -0.25) is 0 Å². The fourth-order valence-corrected chi connectivity index (χ4v) is 3.49. The van der Waals surface area contributed by atoms with Crippen LogP contribution in [0.3, 0.4) is 0 Å². The van der Waals surface area contributed by atoms with E-state index in [4.69, 9.17) is 4.74 Å². The molecule has 0 radical (unpaired) electrons. The molecule has 20 heavy (non-hydrogen) atoms. The molecule has 1 unspecified atom stereocenters. The Hall–Kier alpha value is -0.160. The quantitative estimate of drug-likeness (QED) is 0.669. The van der Waals surface area contributed by atoms with Gasteiger partial charge in [0.2, 0.25) is 0 Å². The maximum Gasteiger partial charge on any atom is 0.0898 e. The molecule has 0 aromatic rings. The van der Waals surface area contributed by atoms with Crippen LogP contribution in [0.4, 0.5) is 0 Å². The third-order valence-electron chi connectivity index (χ3n) is 4.90. The van der Waals surface area contributed by atoms with Crippen LogP contribution in [0.15, 0.2) is 0 Å². The van der Waals surface area contributed by atoms with Crippen LogP contribution in [-0.4, -0.2) is 47.7 Å². The lowest BCUT2D eigenvalue weighted by Crippen LogP contribution is -2.52. The first kappa shape index (κ1) is 16.2. The normalized spacial score (nSPS) is 25.5. The molecule has 1 atom stereocenters. The van der Waals surface area contributed by atoms with Gasteiger partial charge in [0.1, 0.15) is 0 Å². The largest absolute Gasteiger partial charge is 0.394 e. The van der Waals surface area contributed by atoms with Crippen molar-refractivity contribution in [2.45, 2.75) is 82.0 Å². The van der Waals surface area contributed by atoms with Crippen molar-refractivity contribution in [3.05, 3.63) is 0 Å². The molecule has 0 saturated heterocycles. The summed E-state index contributed by atoms with van der Waals surface area (Å²) >= 11 is 0. The van der Waals surface area contributed by atoms with E-state index >= 15 is 0 Å². The predicted octanol–water partition coefficient (Wildman–Crippen LogP) is 1.98. The molecule has 0 spiro atoms. The number of hydrogen-bond donors (Lipinski definition) is 3. The van der Waals surface area contributed by atoms with Crippen molar-refractivity contribution in [3.8, 4) is 0 Å². The van der Waals surface area contributed by atoms with E-state index in [9.17, 15) is 10.2 Å². The minimum atomic E-state index is -0.470. The van der Waals surface area contributed by atoms with Crippen molar-refractivity contribution in [1.82, 2.24) is 5.32 Å². The molecule has 0 aromatic carbocycles. The standard InChI is InChI=1S/C16H31NO3/c18-13-16(9-5-2-6-10-16)17-11-14(19)12-20-15-7-3-1-4-8-15/h14-15,17-19H,1-13H2. The van der Waals surface area contributed by atoms with Crippen molar-refractivity contribution >= 4 is 0 Å². The summed E-state index contributed by atoms with van der Waals surface area (Å²) in [7, 11) is 0. The second-order valence-electron chi connectivity index (χ2n) is 6.63. The van der Waals surface area contributed by atoms with Crippen LogP contribution < -0.4 is 5.32 Å². The van der Waals surface area contributed by atoms with E-state index < -0.39 is 6.10 Å². The number of aliphatic hydroxyl groups excluding tert-OH is 2. The lowest BCUT2D eigenvalue weighted by Gasteiger charge is -2.37. The summed E-state index contributed by atoms with van der Waals surface area (Å²) in [6, 6.07) is 0. The van der Waals surface area contributed by atoms with Crippen molar-refractivity contribution in [3.63, 3.8) is 0 Å². The smallest absolute Gasteiger partial charge is 0.0898 e. The average molecular weight is 285 g/mol. The minimum Gasteiger partial charge on any atom is -0.394 e. The van der Waals surface area contributed by atoms with E-state index in [-0.39, 0.29) is 12.1 Å². The molecule has 2 aliphatic carbocycles. The summed E-state index contributed by atoms with van der Waals surface area (Å²) in [5.74, 6) is 0. The van der Waals surface area contributed by atoms with Crippen LogP contribution in [-0.2, 0) is 4.74 Å². The summed E-state index contributed by atoms with van der Waals surface area (Å²) in [6.07, 6.45) is 11.6. The lowest BCUT2D eigenvalue weighted by molar-refractivity contribution is -0.0271. The molecule has 2 saturated carbocycles. The van der Waals surface area contributed by atoms with Crippen LogP contribution in [0.2, 0.25) is 0 Å². The van der Waals surface area contributed by atoms with Crippen LogP contribution >= 0.6 is 0 Å². The number of ether oxygens (including phenoxy) is 1. The van der Waals surface area contributed by atoms with Crippen LogP contribution in [0.5, 0.6) is 0 Å². The van der Waals surface area contributed by atoms with Gasteiger partial charge in [0.15, 0.2) is 0 Å². The second kappa shape index (κ2) is 8.32. The Bertz CT molecular complexity index is 260. The van der Waals surface area contributed by atoms with Crippen LogP contribution in [0, 0.1) is 0 Å². The van der Waals surface area contributed by atoms with E-state index in [1.165, 1.54) is 38.5 Å². The predicted molar refractivity (Wildman–Crippen MR) is 79.7 cm³/mol. The van der Waals surface area contributed by atoms with Gasteiger partial charge < -0.3 is 20.3 Å². The van der Waals surface area contributed by atoms with E-state index in [0.29, 0.717) is 19.3 Å². The Morgan fingerprint density at radius 3 is 2.35 bits per heavy atom. The maximum atomic E-state index is 10.1. The highest BCUT2D eigenvalue weighted by molar-refractivity contribution is 4.90. The molecule has 0 bridgehead atoms. The van der Waals surface area contributed by atoms with Gasteiger partial charge in [-0.2, -0.15) is 0 Å². The minimum absolute atomic E-state index is 0.163. The first-order chi connectivity index (χ1) is 9.74.